The van der Waals surface area contributed by atoms with Crippen molar-refractivity contribution in [2.24, 2.45) is 0 Å². The molecular weight excluding hydrogens is 300 g/mol. The summed E-state index contributed by atoms with van der Waals surface area (Å²) in [5.74, 6) is 1.84. The molecule has 0 unspecified atom stereocenters. The van der Waals surface area contributed by atoms with E-state index in [1.54, 1.807) is 11.3 Å². The fraction of sp³-hybridized carbons (Fsp3) is 0.333. The van der Waals surface area contributed by atoms with Crippen molar-refractivity contribution in [1.82, 2.24) is 10.2 Å². The summed E-state index contributed by atoms with van der Waals surface area (Å²) in [6.07, 6.45) is 1.60. The molecule has 0 saturated carbocycles. The Hall–Kier alpha value is -0.390. The molecule has 0 radical (unpaired) electrons. The number of aromatic nitrogens is 2. The quantitative estimate of drug-likeness (QED) is 0.808. The Bertz CT molecular complexity index is 443. The van der Waals surface area contributed by atoms with Crippen molar-refractivity contribution in [3.05, 3.63) is 21.8 Å². The molecule has 0 amide bonds. The predicted molar refractivity (Wildman–Crippen MR) is 64.4 cm³/mol. The Morgan fingerprint density at radius 2 is 2.27 bits per heavy atom. The van der Waals surface area contributed by atoms with Gasteiger partial charge < -0.3 is 4.42 Å². The van der Waals surface area contributed by atoms with Gasteiger partial charge in [0.05, 0.1) is 8.66 Å². The van der Waals surface area contributed by atoms with Crippen LogP contribution in [0.5, 0.6) is 0 Å². The van der Waals surface area contributed by atoms with Gasteiger partial charge in [0.2, 0.25) is 5.89 Å². The molecule has 0 saturated heterocycles. The zero-order valence-electron chi connectivity index (χ0n) is 7.74. The van der Waals surface area contributed by atoms with Crippen LogP contribution in [0.25, 0.3) is 10.8 Å². The van der Waals surface area contributed by atoms with Crippen molar-refractivity contribution in [3.63, 3.8) is 0 Å². The first kappa shape index (κ1) is 11.1. The average Bonchev–Trinajstić information content (AvgIpc) is 2.83. The number of rotatable bonds is 4. The van der Waals surface area contributed by atoms with Crippen molar-refractivity contribution in [3.8, 4) is 10.8 Å². The topological polar surface area (TPSA) is 38.9 Å². The van der Waals surface area contributed by atoms with E-state index in [0.29, 0.717) is 17.7 Å². The number of hydrogen-bond donors (Lipinski definition) is 0. The number of aryl methyl sites for hydroxylation is 1. The molecule has 0 atom stereocenters. The zero-order chi connectivity index (χ0) is 10.7. The molecular formula is C9H8BrClN2OS. The molecule has 0 aliphatic rings. The largest absolute Gasteiger partial charge is 0.420 e. The highest BCUT2D eigenvalue weighted by atomic mass is 79.9. The molecule has 2 aromatic heterocycles. The average molecular weight is 308 g/mol. The van der Waals surface area contributed by atoms with E-state index in [1.807, 2.05) is 12.1 Å². The Morgan fingerprint density at radius 1 is 1.40 bits per heavy atom. The second-order valence-corrected chi connectivity index (χ2v) is 5.74. The minimum absolute atomic E-state index is 0.579. The van der Waals surface area contributed by atoms with E-state index in [0.717, 1.165) is 21.5 Å². The van der Waals surface area contributed by atoms with Gasteiger partial charge in [-0.1, -0.05) is 0 Å². The van der Waals surface area contributed by atoms with Crippen LogP contribution in [0, 0.1) is 0 Å². The Balaban J connectivity index is 2.13. The molecule has 15 heavy (non-hydrogen) atoms. The van der Waals surface area contributed by atoms with E-state index in [1.165, 1.54) is 0 Å². The van der Waals surface area contributed by atoms with Crippen LogP contribution in [-0.2, 0) is 6.42 Å². The lowest BCUT2D eigenvalue weighted by Gasteiger charge is -1.89. The standard InChI is InChI=1S/C9H8BrClN2OS/c10-7-4-3-6(15-7)9-13-12-8(14-9)2-1-5-11/h3-4H,1-2,5H2. The Labute approximate surface area is 105 Å². The van der Waals surface area contributed by atoms with Gasteiger partial charge in [-0.15, -0.1) is 33.1 Å². The maximum atomic E-state index is 5.58. The fourth-order valence-corrected chi connectivity index (χ4v) is 2.54. The third-order valence-electron chi connectivity index (χ3n) is 1.78. The van der Waals surface area contributed by atoms with E-state index in [4.69, 9.17) is 16.0 Å². The molecule has 0 aromatic carbocycles. The summed E-state index contributed by atoms with van der Waals surface area (Å²) in [5.41, 5.74) is 0. The van der Waals surface area contributed by atoms with Gasteiger partial charge in [0.1, 0.15) is 0 Å². The van der Waals surface area contributed by atoms with Gasteiger partial charge in [-0.2, -0.15) is 0 Å². The number of thiophene rings is 1. The molecule has 0 spiro atoms. The lowest BCUT2D eigenvalue weighted by molar-refractivity contribution is 0.503. The number of alkyl halides is 1. The summed E-state index contributed by atoms with van der Waals surface area (Å²) in [5, 5.41) is 7.94. The molecule has 0 N–H and O–H groups in total. The van der Waals surface area contributed by atoms with E-state index in [-0.39, 0.29) is 0 Å². The lowest BCUT2D eigenvalue weighted by atomic mass is 10.3. The Morgan fingerprint density at radius 3 is 2.93 bits per heavy atom. The molecule has 0 fully saturated rings. The highest BCUT2D eigenvalue weighted by Crippen LogP contribution is 2.30. The van der Waals surface area contributed by atoms with Crippen LogP contribution in [-0.4, -0.2) is 16.1 Å². The first-order valence-electron chi connectivity index (χ1n) is 4.43. The van der Waals surface area contributed by atoms with Gasteiger partial charge >= 0.3 is 0 Å². The van der Waals surface area contributed by atoms with Gasteiger partial charge in [0.15, 0.2) is 0 Å². The third kappa shape index (κ3) is 2.80. The summed E-state index contributed by atoms with van der Waals surface area (Å²) < 4.78 is 6.55. The molecule has 80 valence electrons. The molecule has 2 rings (SSSR count). The monoisotopic (exact) mass is 306 g/mol. The van der Waals surface area contributed by atoms with Gasteiger partial charge in [0, 0.05) is 12.3 Å². The fourth-order valence-electron chi connectivity index (χ4n) is 1.10. The highest BCUT2D eigenvalue weighted by molar-refractivity contribution is 9.11. The van der Waals surface area contributed by atoms with Crippen molar-refractivity contribution in [2.75, 3.05) is 5.88 Å². The molecule has 0 bridgehead atoms. The van der Waals surface area contributed by atoms with Crippen molar-refractivity contribution >= 4 is 38.9 Å². The van der Waals surface area contributed by atoms with Crippen LogP contribution in [0.1, 0.15) is 12.3 Å². The van der Waals surface area contributed by atoms with Crippen LogP contribution < -0.4 is 0 Å². The molecule has 2 aromatic rings. The summed E-state index contributed by atoms with van der Waals surface area (Å²) in [6, 6.07) is 3.91. The van der Waals surface area contributed by atoms with Crippen molar-refractivity contribution in [2.45, 2.75) is 12.8 Å². The molecule has 3 nitrogen and oxygen atoms in total. The third-order valence-corrected chi connectivity index (χ3v) is 3.65. The van der Waals surface area contributed by atoms with E-state index >= 15 is 0 Å². The predicted octanol–water partition coefficient (Wildman–Crippen LogP) is 3.73. The van der Waals surface area contributed by atoms with E-state index in [9.17, 15) is 0 Å². The smallest absolute Gasteiger partial charge is 0.257 e. The van der Waals surface area contributed by atoms with Crippen molar-refractivity contribution in [1.29, 1.82) is 0 Å². The van der Waals surface area contributed by atoms with Gasteiger partial charge in [-0.25, -0.2) is 0 Å². The first-order valence-corrected chi connectivity index (χ1v) is 6.58. The summed E-state index contributed by atoms with van der Waals surface area (Å²) in [4.78, 5) is 0.978. The van der Waals surface area contributed by atoms with Crippen LogP contribution >= 0.6 is 38.9 Å². The normalized spacial score (nSPS) is 10.8. The zero-order valence-corrected chi connectivity index (χ0v) is 10.9. The van der Waals surface area contributed by atoms with E-state index in [2.05, 4.69) is 26.1 Å². The van der Waals surface area contributed by atoms with Gasteiger partial charge in [0.25, 0.3) is 5.89 Å². The number of halogens is 2. The lowest BCUT2D eigenvalue weighted by Crippen LogP contribution is -1.85. The Kier molecular flexibility index (Phi) is 3.77. The second kappa shape index (κ2) is 5.09. The minimum Gasteiger partial charge on any atom is -0.420 e. The van der Waals surface area contributed by atoms with Gasteiger partial charge in [-0.05, 0) is 34.5 Å². The van der Waals surface area contributed by atoms with Crippen LogP contribution in [0.2, 0.25) is 0 Å². The summed E-state index contributed by atoms with van der Waals surface area (Å²) in [6.45, 7) is 0. The second-order valence-electron chi connectivity index (χ2n) is 2.90. The summed E-state index contributed by atoms with van der Waals surface area (Å²) in [7, 11) is 0. The molecule has 0 aliphatic carbocycles. The first-order chi connectivity index (χ1) is 7.29. The van der Waals surface area contributed by atoms with Crippen LogP contribution in [0.15, 0.2) is 20.3 Å². The number of hydrogen-bond acceptors (Lipinski definition) is 4. The minimum atomic E-state index is 0.579. The summed E-state index contributed by atoms with van der Waals surface area (Å²) >= 11 is 10.5. The SMILES string of the molecule is ClCCCc1nnc(-c2ccc(Br)s2)o1. The maximum absolute atomic E-state index is 5.58. The molecule has 6 heteroatoms. The maximum Gasteiger partial charge on any atom is 0.257 e. The van der Waals surface area contributed by atoms with Crippen LogP contribution in [0.3, 0.4) is 0 Å². The molecule has 0 aliphatic heterocycles. The molecule has 2 heterocycles. The highest BCUT2D eigenvalue weighted by Gasteiger charge is 2.09. The van der Waals surface area contributed by atoms with Crippen molar-refractivity contribution < 1.29 is 4.42 Å². The van der Waals surface area contributed by atoms with E-state index < -0.39 is 0 Å². The number of nitrogens with zero attached hydrogens (tertiary/aromatic N) is 2. The van der Waals surface area contributed by atoms with Crippen LogP contribution in [0.4, 0.5) is 0 Å². The van der Waals surface area contributed by atoms with Gasteiger partial charge in [-0.3, -0.25) is 0 Å².